The van der Waals surface area contributed by atoms with E-state index in [-0.39, 0.29) is 36.6 Å². The molecule has 2 saturated heterocycles. The molecule has 0 bridgehead atoms. The lowest BCUT2D eigenvalue weighted by Gasteiger charge is -2.53. The molecule has 2 aliphatic heterocycles. The second-order valence-corrected chi connectivity index (χ2v) is 7.68. The van der Waals surface area contributed by atoms with Gasteiger partial charge in [0.15, 0.2) is 6.10 Å². The lowest BCUT2D eigenvalue weighted by molar-refractivity contribution is -0.182. The van der Waals surface area contributed by atoms with Crippen molar-refractivity contribution in [2.24, 2.45) is 5.92 Å². The van der Waals surface area contributed by atoms with Gasteiger partial charge in [0.2, 0.25) is 5.91 Å². The fourth-order valence-corrected chi connectivity index (χ4v) is 4.23. The Balaban J connectivity index is 1.45. The first-order chi connectivity index (χ1) is 13.0. The molecular formula is C21H30N2O4. The van der Waals surface area contributed by atoms with Gasteiger partial charge in [0, 0.05) is 26.2 Å². The second kappa shape index (κ2) is 8.85. The average molecular weight is 374 g/mol. The number of methoxy groups -OCH3 is 1. The summed E-state index contributed by atoms with van der Waals surface area (Å²) in [6.45, 7) is 6.07. The summed E-state index contributed by atoms with van der Waals surface area (Å²) in [5, 5.41) is 0. The maximum Gasteiger partial charge on any atom is 0.254 e. The molecule has 0 unspecified atom stereocenters. The van der Waals surface area contributed by atoms with Crippen LogP contribution in [0.2, 0.25) is 0 Å². The van der Waals surface area contributed by atoms with E-state index in [2.05, 4.69) is 0 Å². The van der Waals surface area contributed by atoms with E-state index < -0.39 is 0 Å². The van der Waals surface area contributed by atoms with E-state index >= 15 is 0 Å². The van der Waals surface area contributed by atoms with Crippen molar-refractivity contribution in [2.45, 2.75) is 51.5 Å². The number of rotatable bonds is 7. The number of nitrogens with zero attached hydrogens (tertiary/aromatic N) is 2. The molecule has 2 amide bonds. The number of hydrogen-bond donors (Lipinski definition) is 0. The van der Waals surface area contributed by atoms with Crippen molar-refractivity contribution in [3.63, 3.8) is 0 Å². The summed E-state index contributed by atoms with van der Waals surface area (Å²) in [6.07, 6.45) is 1.46. The van der Waals surface area contributed by atoms with Crippen LogP contribution < -0.4 is 0 Å². The summed E-state index contributed by atoms with van der Waals surface area (Å²) < 4.78 is 11.0. The molecule has 2 heterocycles. The van der Waals surface area contributed by atoms with Crippen molar-refractivity contribution in [3.05, 3.63) is 35.9 Å². The Morgan fingerprint density at radius 1 is 1.19 bits per heavy atom. The Morgan fingerprint density at radius 2 is 1.85 bits per heavy atom. The van der Waals surface area contributed by atoms with E-state index in [1.54, 1.807) is 7.11 Å². The topological polar surface area (TPSA) is 59.1 Å². The standard InChI is InChI=1S/C21H30N2O4/c1-15(2)23-19(20(26-3)21(23)25)17-9-11-22(12-10-17)18(24)14-27-13-16-7-5-4-6-8-16/h4-8,15,17,19-20H,9-14H2,1-3H3/t19-,20+/m0/s1. The summed E-state index contributed by atoms with van der Waals surface area (Å²) in [7, 11) is 1.61. The highest BCUT2D eigenvalue weighted by atomic mass is 16.5. The van der Waals surface area contributed by atoms with Crippen molar-refractivity contribution >= 4 is 11.8 Å². The fourth-order valence-electron chi connectivity index (χ4n) is 4.23. The van der Waals surface area contributed by atoms with Crippen LogP contribution in [0.25, 0.3) is 0 Å². The second-order valence-electron chi connectivity index (χ2n) is 7.68. The van der Waals surface area contributed by atoms with E-state index in [0.29, 0.717) is 25.6 Å². The Kier molecular flexibility index (Phi) is 6.50. The quantitative estimate of drug-likeness (QED) is 0.686. The van der Waals surface area contributed by atoms with E-state index in [1.807, 2.05) is 54.0 Å². The Morgan fingerprint density at radius 3 is 2.44 bits per heavy atom. The molecule has 148 valence electrons. The van der Waals surface area contributed by atoms with Crippen LogP contribution in [0.1, 0.15) is 32.3 Å². The summed E-state index contributed by atoms with van der Waals surface area (Å²) in [4.78, 5) is 28.4. The highest BCUT2D eigenvalue weighted by molar-refractivity contribution is 5.88. The lowest BCUT2D eigenvalue weighted by Crippen LogP contribution is -2.70. The molecule has 0 radical (unpaired) electrons. The first kappa shape index (κ1) is 19.8. The van der Waals surface area contributed by atoms with E-state index in [0.717, 1.165) is 18.4 Å². The normalized spacial score (nSPS) is 23.6. The molecule has 0 saturated carbocycles. The number of piperidine rings is 1. The zero-order chi connectivity index (χ0) is 19.4. The third-order valence-corrected chi connectivity index (χ3v) is 5.65. The molecule has 2 fully saturated rings. The van der Waals surface area contributed by atoms with Crippen LogP contribution in [-0.4, -0.2) is 66.6 Å². The maximum atomic E-state index is 12.4. The highest BCUT2D eigenvalue weighted by Gasteiger charge is 2.52. The summed E-state index contributed by atoms with van der Waals surface area (Å²) >= 11 is 0. The number of carbonyl (C=O) groups is 2. The van der Waals surface area contributed by atoms with Crippen molar-refractivity contribution in [1.82, 2.24) is 9.80 Å². The summed E-state index contributed by atoms with van der Waals surface area (Å²) in [6, 6.07) is 10.2. The summed E-state index contributed by atoms with van der Waals surface area (Å²) in [5.41, 5.74) is 1.07. The van der Waals surface area contributed by atoms with Crippen molar-refractivity contribution in [1.29, 1.82) is 0 Å². The number of likely N-dealkylation sites (tertiary alicyclic amines) is 2. The van der Waals surface area contributed by atoms with Gasteiger partial charge in [0.1, 0.15) is 6.61 Å². The molecule has 0 aliphatic carbocycles. The van der Waals surface area contributed by atoms with Crippen LogP contribution in [-0.2, 0) is 25.7 Å². The van der Waals surface area contributed by atoms with Crippen LogP contribution in [0, 0.1) is 5.92 Å². The first-order valence-electron chi connectivity index (χ1n) is 9.77. The van der Waals surface area contributed by atoms with Crippen LogP contribution in [0.3, 0.4) is 0 Å². The highest BCUT2D eigenvalue weighted by Crippen LogP contribution is 2.36. The third kappa shape index (κ3) is 4.33. The smallest absolute Gasteiger partial charge is 0.254 e. The van der Waals surface area contributed by atoms with Gasteiger partial charge in [-0.1, -0.05) is 30.3 Å². The molecule has 0 N–H and O–H groups in total. The number of carbonyl (C=O) groups excluding carboxylic acids is 2. The minimum Gasteiger partial charge on any atom is -0.369 e. The minimum absolute atomic E-state index is 0.0399. The van der Waals surface area contributed by atoms with Crippen LogP contribution >= 0.6 is 0 Å². The van der Waals surface area contributed by atoms with Gasteiger partial charge in [-0.15, -0.1) is 0 Å². The lowest BCUT2D eigenvalue weighted by atomic mass is 9.79. The molecule has 27 heavy (non-hydrogen) atoms. The Bertz CT molecular complexity index is 641. The SMILES string of the molecule is CO[C@H]1C(=O)N(C(C)C)[C@H]1C1CCN(C(=O)COCc2ccccc2)CC1. The van der Waals surface area contributed by atoms with E-state index in [1.165, 1.54) is 0 Å². The molecule has 3 rings (SSSR count). The molecular weight excluding hydrogens is 344 g/mol. The van der Waals surface area contributed by atoms with Gasteiger partial charge in [0.25, 0.3) is 5.91 Å². The first-order valence-corrected chi connectivity index (χ1v) is 9.77. The number of ether oxygens (including phenoxy) is 2. The van der Waals surface area contributed by atoms with Gasteiger partial charge in [-0.05, 0) is 38.2 Å². The van der Waals surface area contributed by atoms with Crippen LogP contribution in [0.4, 0.5) is 0 Å². The van der Waals surface area contributed by atoms with Gasteiger partial charge in [-0.3, -0.25) is 9.59 Å². The average Bonchev–Trinajstić information content (AvgIpc) is 2.67. The van der Waals surface area contributed by atoms with Gasteiger partial charge in [-0.25, -0.2) is 0 Å². The largest absolute Gasteiger partial charge is 0.369 e. The van der Waals surface area contributed by atoms with Crippen molar-refractivity contribution in [3.8, 4) is 0 Å². The molecule has 2 aliphatic rings. The number of β-lactam (4-membered cyclic amide) rings is 1. The van der Waals surface area contributed by atoms with Gasteiger partial charge >= 0.3 is 0 Å². The molecule has 6 nitrogen and oxygen atoms in total. The van der Waals surface area contributed by atoms with Crippen LogP contribution in [0.15, 0.2) is 30.3 Å². The predicted molar refractivity (Wildman–Crippen MR) is 102 cm³/mol. The molecule has 0 spiro atoms. The zero-order valence-corrected chi connectivity index (χ0v) is 16.5. The van der Waals surface area contributed by atoms with Gasteiger partial charge < -0.3 is 19.3 Å². The summed E-state index contributed by atoms with van der Waals surface area (Å²) in [5.74, 6) is 0.507. The molecule has 1 aromatic carbocycles. The molecule has 0 aromatic heterocycles. The Hall–Kier alpha value is -1.92. The van der Waals surface area contributed by atoms with Crippen molar-refractivity contribution < 1.29 is 19.1 Å². The third-order valence-electron chi connectivity index (χ3n) is 5.65. The van der Waals surface area contributed by atoms with Gasteiger partial charge in [-0.2, -0.15) is 0 Å². The van der Waals surface area contributed by atoms with Gasteiger partial charge in [0.05, 0.1) is 12.6 Å². The molecule has 2 atom stereocenters. The fraction of sp³-hybridized carbons (Fsp3) is 0.619. The van der Waals surface area contributed by atoms with Crippen LogP contribution in [0.5, 0.6) is 0 Å². The predicted octanol–water partition coefficient (Wildman–Crippen LogP) is 2.08. The monoisotopic (exact) mass is 374 g/mol. The zero-order valence-electron chi connectivity index (χ0n) is 16.5. The molecule has 1 aromatic rings. The van der Waals surface area contributed by atoms with Crippen molar-refractivity contribution in [2.75, 3.05) is 26.8 Å². The number of amides is 2. The van der Waals surface area contributed by atoms with E-state index in [4.69, 9.17) is 9.47 Å². The number of benzene rings is 1. The van der Waals surface area contributed by atoms with E-state index in [9.17, 15) is 9.59 Å². The number of hydrogen-bond acceptors (Lipinski definition) is 4. The minimum atomic E-state index is -0.325. The maximum absolute atomic E-state index is 12.4. The molecule has 6 heteroatoms. The Labute approximate surface area is 161 Å².